The third-order valence-electron chi connectivity index (χ3n) is 1.03. The van der Waals surface area contributed by atoms with Crippen LogP contribution in [0.1, 0.15) is 0 Å². The molecule has 1 heterocycles. The summed E-state index contributed by atoms with van der Waals surface area (Å²) in [5.74, 6) is 0. The van der Waals surface area contributed by atoms with Crippen molar-refractivity contribution < 1.29 is 9.90 Å². The van der Waals surface area contributed by atoms with Crippen LogP contribution in [-0.4, -0.2) is 24.3 Å². The van der Waals surface area contributed by atoms with Crippen molar-refractivity contribution in [2.45, 2.75) is 0 Å². The number of hydrogen-bond acceptors (Lipinski definition) is 1. The van der Waals surface area contributed by atoms with Crippen LogP contribution in [-0.2, 0) is 0 Å². The fourth-order valence-electron chi connectivity index (χ4n) is 0.596. The molecule has 1 rings (SSSR count). The summed E-state index contributed by atoms with van der Waals surface area (Å²) in [7, 11) is 0. The van der Waals surface area contributed by atoms with Gasteiger partial charge in [-0.3, -0.25) is 0 Å². The predicted molar refractivity (Wildman–Crippen MR) is 33.5 cm³/mol. The molecule has 0 aromatic rings. The topological polar surface area (TPSA) is 37.3 Å². The molecule has 0 radical (unpaired) electrons. The van der Waals surface area contributed by atoms with Crippen LogP contribution in [0.25, 0.3) is 0 Å². The predicted octanol–water partition coefficient (Wildman–Crippen LogP) is 0.678. The van der Waals surface area contributed by atoms with Gasteiger partial charge in [-0.1, -0.05) is 0 Å². The Hall–Kier alpha value is -0.507. The van der Waals surface area contributed by atoms with Gasteiger partial charge in [0.2, 0.25) is 0 Å². The molecule has 1 aliphatic rings. The van der Waals surface area contributed by atoms with Crippen molar-refractivity contribution in [1.29, 1.82) is 0 Å². The van der Waals surface area contributed by atoms with Crippen molar-refractivity contribution in [3.8, 4) is 0 Å². The molecule has 1 aliphatic heterocycles. The molecule has 0 aliphatic carbocycles. The molecule has 0 aromatic heterocycles. The molecule has 0 unspecified atom stereocenters. The molecule has 2 nitrogen and oxygen atoms in total. The normalized spacial score (nSPS) is 17.5. The molecular formula is C5H6GeO2. The minimum atomic E-state index is -2.03. The van der Waals surface area contributed by atoms with E-state index in [9.17, 15) is 4.79 Å². The zero-order valence-corrected chi connectivity index (χ0v) is 6.66. The van der Waals surface area contributed by atoms with Gasteiger partial charge >= 0.3 is 51.0 Å². The molecule has 0 amide bonds. The maximum atomic E-state index is 10.2. The van der Waals surface area contributed by atoms with Crippen molar-refractivity contribution >= 4 is 19.2 Å². The van der Waals surface area contributed by atoms with E-state index in [1.54, 1.807) is 0 Å². The number of carboxylic acid groups (broad SMARTS) is 1. The van der Waals surface area contributed by atoms with Gasteiger partial charge < -0.3 is 0 Å². The summed E-state index contributed by atoms with van der Waals surface area (Å²) < 4.78 is 0. The molecule has 0 bridgehead atoms. The van der Waals surface area contributed by atoms with Gasteiger partial charge in [0.15, 0.2) is 0 Å². The average molecular weight is 171 g/mol. The van der Waals surface area contributed by atoms with Gasteiger partial charge in [-0.15, -0.1) is 0 Å². The third kappa shape index (κ3) is 1.01. The molecule has 0 spiro atoms. The Labute approximate surface area is 51.6 Å². The zero-order valence-electron chi connectivity index (χ0n) is 4.24. The molecule has 3 heteroatoms. The van der Waals surface area contributed by atoms with Crippen LogP contribution in [0.4, 0.5) is 4.79 Å². The molecular weight excluding hydrogens is 165 g/mol. The van der Waals surface area contributed by atoms with E-state index in [-0.39, 0.29) is 0 Å². The van der Waals surface area contributed by atoms with Crippen LogP contribution in [0.2, 0.25) is 0 Å². The van der Waals surface area contributed by atoms with Crippen molar-refractivity contribution in [2.24, 2.45) is 0 Å². The second-order valence-corrected chi connectivity index (χ2v) is 6.49. The molecule has 0 saturated heterocycles. The first-order valence-corrected chi connectivity index (χ1v) is 6.39. The van der Waals surface area contributed by atoms with E-state index in [4.69, 9.17) is 5.11 Å². The van der Waals surface area contributed by atoms with Gasteiger partial charge in [0.05, 0.1) is 0 Å². The Kier molecular flexibility index (Phi) is 1.53. The minimum absolute atomic E-state index is 0.595. The first-order chi connectivity index (χ1) is 3.80. The van der Waals surface area contributed by atoms with Crippen LogP contribution in [0.3, 0.4) is 0 Å². The fourth-order valence-corrected chi connectivity index (χ4v) is 3.10. The number of hydrogen-bond donors (Lipinski definition) is 1. The second kappa shape index (κ2) is 2.17. The monoisotopic (exact) mass is 172 g/mol. The van der Waals surface area contributed by atoms with E-state index < -0.39 is 19.2 Å². The van der Waals surface area contributed by atoms with E-state index >= 15 is 0 Å². The molecule has 1 N–H and O–H groups in total. The number of allylic oxidation sites excluding steroid dienone is 2. The summed E-state index contributed by atoms with van der Waals surface area (Å²) in [5.41, 5.74) is 0. The summed E-state index contributed by atoms with van der Waals surface area (Å²) >= 11 is -2.03. The van der Waals surface area contributed by atoms with E-state index in [1.807, 2.05) is 22.0 Å². The van der Waals surface area contributed by atoms with Gasteiger partial charge in [-0.2, -0.15) is 0 Å². The summed E-state index contributed by atoms with van der Waals surface area (Å²) in [6, 6.07) is 0. The second-order valence-electron chi connectivity index (χ2n) is 1.63. The Balaban J connectivity index is 2.62. The third-order valence-corrected chi connectivity index (χ3v) is 4.90. The SMILES string of the molecule is O=[C](O)[GeH]1[CH]=CC=[CH]1. The standard InChI is InChI=1S/C5H6GeO2/c7-5(8)6-3-1-2-4-6/h1-4,6H,(H,7,8). The summed E-state index contributed by atoms with van der Waals surface area (Å²) in [6.07, 6.45) is 3.64. The molecule has 8 heavy (non-hydrogen) atoms. The number of carbonyl (C=O) groups is 1. The average Bonchev–Trinajstić information content (AvgIpc) is 2.12. The maximum absolute atomic E-state index is 10.2. The molecule has 0 aromatic carbocycles. The van der Waals surface area contributed by atoms with Gasteiger partial charge in [-0.05, 0) is 0 Å². The van der Waals surface area contributed by atoms with E-state index in [0.717, 1.165) is 0 Å². The fraction of sp³-hybridized carbons (Fsp3) is 0. The van der Waals surface area contributed by atoms with Crippen molar-refractivity contribution in [2.75, 3.05) is 0 Å². The Morgan fingerprint density at radius 2 is 1.88 bits per heavy atom. The Bertz CT molecular complexity index is 148. The van der Waals surface area contributed by atoms with Crippen molar-refractivity contribution in [3.63, 3.8) is 0 Å². The Morgan fingerprint density at radius 3 is 2.12 bits per heavy atom. The first kappa shape index (κ1) is 5.63. The van der Waals surface area contributed by atoms with Crippen molar-refractivity contribution in [1.82, 2.24) is 0 Å². The quantitative estimate of drug-likeness (QED) is 0.588. The molecule has 0 atom stereocenters. The van der Waals surface area contributed by atoms with Gasteiger partial charge in [-0.25, -0.2) is 0 Å². The number of rotatable bonds is 1. The van der Waals surface area contributed by atoms with Gasteiger partial charge in [0.1, 0.15) is 0 Å². The summed E-state index contributed by atoms with van der Waals surface area (Å²) in [6.45, 7) is 0. The van der Waals surface area contributed by atoms with Gasteiger partial charge in [0.25, 0.3) is 0 Å². The first-order valence-electron chi connectivity index (χ1n) is 2.38. The molecule has 0 saturated carbocycles. The van der Waals surface area contributed by atoms with Crippen LogP contribution in [0, 0.1) is 0 Å². The van der Waals surface area contributed by atoms with Crippen LogP contribution >= 0.6 is 0 Å². The Morgan fingerprint density at radius 1 is 1.38 bits per heavy atom. The van der Waals surface area contributed by atoms with E-state index in [2.05, 4.69) is 0 Å². The van der Waals surface area contributed by atoms with Crippen molar-refractivity contribution in [3.05, 3.63) is 22.0 Å². The van der Waals surface area contributed by atoms with Crippen LogP contribution in [0.5, 0.6) is 0 Å². The van der Waals surface area contributed by atoms with Crippen LogP contribution < -0.4 is 0 Å². The molecule has 0 fully saturated rings. The summed E-state index contributed by atoms with van der Waals surface area (Å²) in [4.78, 5) is 13.2. The summed E-state index contributed by atoms with van der Waals surface area (Å²) in [5, 5.41) is 8.39. The van der Waals surface area contributed by atoms with Gasteiger partial charge in [0, 0.05) is 0 Å². The zero-order chi connectivity index (χ0) is 5.98. The molecule has 42 valence electrons. The van der Waals surface area contributed by atoms with E-state index in [1.165, 1.54) is 0 Å². The van der Waals surface area contributed by atoms with E-state index in [0.29, 0.717) is 0 Å². The van der Waals surface area contributed by atoms with Crippen LogP contribution in [0.15, 0.2) is 22.0 Å².